The van der Waals surface area contributed by atoms with E-state index in [9.17, 15) is 9.59 Å². The van der Waals surface area contributed by atoms with Crippen molar-refractivity contribution in [2.24, 2.45) is 5.92 Å². The summed E-state index contributed by atoms with van der Waals surface area (Å²) in [5.41, 5.74) is 1.91. The summed E-state index contributed by atoms with van der Waals surface area (Å²) in [7, 11) is 0. The molecule has 3 rings (SSSR count). The summed E-state index contributed by atoms with van der Waals surface area (Å²) in [4.78, 5) is 30.3. The largest absolute Gasteiger partial charge is 0.481 e. The first-order valence-corrected chi connectivity index (χ1v) is 10.4. The van der Waals surface area contributed by atoms with Gasteiger partial charge in [-0.2, -0.15) is 11.8 Å². The van der Waals surface area contributed by atoms with Crippen LogP contribution in [-0.2, 0) is 21.9 Å². The van der Waals surface area contributed by atoms with Crippen molar-refractivity contribution in [2.75, 3.05) is 19.3 Å². The minimum Gasteiger partial charge on any atom is -0.481 e. The lowest BCUT2D eigenvalue weighted by atomic mass is 9.93. The van der Waals surface area contributed by atoms with Crippen LogP contribution in [0.25, 0.3) is 11.0 Å². The van der Waals surface area contributed by atoms with E-state index in [0.717, 1.165) is 42.0 Å². The van der Waals surface area contributed by atoms with Gasteiger partial charge in [0.2, 0.25) is 5.91 Å². The van der Waals surface area contributed by atoms with Crippen molar-refractivity contribution in [3.63, 3.8) is 0 Å². The SMILES string of the molecule is CSCc1nc2ccccc2n1CC(=O)N1CCCC(CCC(=O)O)C1. The van der Waals surface area contributed by atoms with E-state index in [0.29, 0.717) is 19.5 Å². The van der Waals surface area contributed by atoms with Crippen LogP contribution >= 0.6 is 11.8 Å². The number of carbonyl (C=O) groups excluding carboxylic acids is 1. The molecule has 1 atom stereocenters. The van der Waals surface area contributed by atoms with Crippen LogP contribution in [0.4, 0.5) is 0 Å². The molecule has 6 nitrogen and oxygen atoms in total. The lowest BCUT2D eigenvalue weighted by molar-refractivity contribution is -0.137. The Balaban J connectivity index is 1.72. The maximum atomic E-state index is 12.9. The van der Waals surface area contributed by atoms with Crippen molar-refractivity contribution in [3.05, 3.63) is 30.1 Å². The Hall–Kier alpha value is -2.02. The zero-order valence-electron chi connectivity index (χ0n) is 15.1. The minimum atomic E-state index is -0.764. The molecule has 1 amide bonds. The van der Waals surface area contributed by atoms with Gasteiger partial charge in [0.05, 0.1) is 16.8 Å². The maximum absolute atomic E-state index is 12.9. The van der Waals surface area contributed by atoms with E-state index in [4.69, 9.17) is 5.11 Å². The second-order valence-electron chi connectivity index (χ2n) is 6.82. The lowest BCUT2D eigenvalue weighted by Crippen LogP contribution is -2.41. The average Bonchev–Trinajstić information content (AvgIpc) is 2.98. The summed E-state index contributed by atoms with van der Waals surface area (Å²) >= 11 is 1.69. The van der Waals surface area contributed by atoms with Gasteiger partial charge in [-0.3, -0.25) is 9.59 Å². The zero-order chi connectivity index (χ0) is 18.5. The molecule has 1 saturated heterocycles. The fraction of sp³-hybridized carbons (Fsp3) is 0.526. The molecule has 0 spiro atoms. The molecular weight excluding hydrogens is 350 g/mol. The standard InChI is InChI=1S/C19H25N3O3S/c1-26-13-17-20-15-6-2-3-7-16(15)22(17)12-18(23)21-10-4-5-14(11-21)8-9-19(24)25/h2-3,6-7,14H,4-5,8-13H2,1H3,(H,24,25). The van der Waals surface area contributed by atoms with Crippen molar-refractivity contribution >= 4 is 34.7 Å². The van der Waals surface area contributed by atoms with Gasteiger partial charge in [-0.15, -0.1) is 0 Å². The highest BCUT2D eigenvalue weighted by Crippen LogP contribution is 2.23. The molecule has 1 unspecified atom stereocenters. The number of aliphatic carboxylic acids is 1. The van der Waals surface area contributed by atoms with E-state index in [1.807, 2.05) is 40.0 Å². The van der Waals surface area contributed by atoms with Gasteiger partial charge in [0.1, 0.15) is 12.4 Å². The van der Waals surface area contributed by atoms with E-state index < -0.39 is 5.97 Å². The molecule has 1 aliphatic rings. The number of benzene rings is 1. The molecule has 140 valence electrons. The maximum Gasteiger partial charge on any atom is 0.303 e. The summed E-state index contributed by atoms with van der Waals surface area (Å²) in [5, 5.41) is 8.88. The number of piperidine rings is 1. The van der Waals surface area contributed by atoms with Crippen LogP contribution in [0, 0.1) is 5.92 Å². The normalized spacial score (nSPS) is 17.6. The van der Waals surface area contributed by atoms with Crippen molar-refractivity contribution in [1.82, 2.24) is 14.5 Å². The summed E-state index contributed by atoms with van der Waals surface area (Å²) in [6, 6.07) is 7.91. The van der Waals surface area contributed by atoms with Gasteiger partial charge >= 0.3 is 5.97 Å². The number of rotatable bonds is 7. The van der Waals surface area contributed by atoms with Gasteiger partial charge < -0.3 is 14.6 Å². The van der Waals surface area contributed by atoms with Crippen molar-refractivity contribution in [2.45, 2.75) is 38.0 Å². The topological polar surface area (TPSA) is 75.4 Å². The first-order valence-electron chi connectivity index (χ1n) is 9.01. The van der Waals surface area contributed by atoms with E-state index in [1.54, 1.807) is 11.8 Å². The van der Waals surface area contributed by atoms with Gasteiger partial charge in [-0.05, 0) is 43.6 Å². The van der Waals surface area contributed by atoms with Gasteiger partial charge in [-0.25, -0.2) is 4.98 Å². The predicted molar refractivity (Wildman–Crippen MR) is 103 cm³/mol. The second-order valence-corrected chi connectivity index (χ2v) is 7.68. The number of nitrogens with zero attached hydrogens (tertiary/aromatic N) is 3. The van der Waals surface area contributed by atoms with Gasteiger partial charge in [-0.1, -0.05) is 12.1 Å². The smallest absolute Gasteiger partial charge is 0.303 e. The second kappa shape index (κ2) is 8.58. The van der Waals surface area contributed by atoms with Crippen LogP contribution in [0.2, 0.25) is 0 Å². The lowest BCUT2D eigenvalue weighted by Gasteiger charge is -2.33. The van der Waals surface area contributed by atoms with Crippen LogP contribution in [0.15, 0.2) is 24.3 Å². The molecule has 0 aliphatic carbocycles. The number of para-hydroxylation sites is 2. The third-order valence-corrected chi connectivity index (χ3v) is 5.49. The Labute approximate surface area is 157 Å². The van der Waals surface area contributed by atoms with Gasteiger partial charge in [0, 0.05) is 19.5 Å². The molecule has 26 heavy (non-hydrogen) atoms. The molecule has 2 heterocycles. The zero-order valence-corrected chi connectivity index (χ0v) is 15.9. The van der Waals surface area contributed by atoms with Crippen molar-refractivity contribution < 1.29 is 14.7 Å². The number of carboxylic acids is 1. The Morgan fingerprint density at radius 1 is 1.35 bits per heavy atom. The van der Waals surface area contributed by atoms with E-state index in [1.165, 1.54) is 0 Å². The monoisotopic (exact) mass is 375 g/mol. The Morgan fingerprint density at radius 3 is 2.92 bits per heavy atom. The Morgan fingerprint density at radius 2 is 2.15 bits per heavy atom. The number of hydrogen-bond acceptors (Lipinski definition) is 4. The number of aromatic nitrogens is 2. The number of thioether (sulfide) groups is 1. The molecule has 7 heteroatoms. The fourth-order valence-electron chi connectivity index (χ4n) is 3.63. The van der Waals surface area contributed by atoms with Crippen LogP contribution < -0.4 is 0 Å². The molecular formula is C19H25N3O3S. The summed E-state index contributed by atoms with van der Waals surface area (Å²) in [6.45, 7) is 1.71. The van der Waals surface area contributed by atoms with Crippen LogP contribution in [0.5, 0.6) is 0 Å². The third kappa shape index (κ3) is 4.38. The summed E-state index contributed by atoms with van der Waals surface area (Å²) in [5.74, 6) is 1.31. The molecule has 1 fully saturated rings. The Kier molecular flexibility index (Phi) is 6.19. The van der Waals surface area contributed by atoms with Crippen LogP contribution in [0.1, 0.15) is 31.5 Å². The molecule has 1 aromatic carbocycles. The van der Waals surface area contributed by atoms with E-state index in [-0.39, 0.29) is 18.2 Å². The molecule has 0 saturated carbocycles. The highest BCUT2D eigenvalue weighted by molar-refractivity contribution is 7.97. The highest BCUT2D eigenvalue weighted by atomic mass is 32.2. The van der Waals surface area contributed by atoms with Crippen molar-refractivity contribution in [1.29, 1.82) is 0 Å². The van der Waals surface area contributed by atoms with Gasteiger partial charge in [0.25, 0.3) is 0 Å². The minimum absolute atomic E-state index is 0.0931. The predicted octanol–water partition coefficient (Wildman–Crippen LogP) is 3.00. The first kappa shape index (κ1) is 18.8. The summed E-state index contributed by atoms with van der Waals surface area (Å²) in [6.07, 6.45) is 4.80. The number of fused-ring (bicyclic) bond motifs is 1. The number of likely N-dealkylation sites (tertiary alicyclic amines) is 1. The molecule has 0 bridgehead atoms. The molecule has 1 aromatic heterocycles. The third-order valence-electron chi connectivity index (χ3n) is 4.94. The van der Waals surface area contributed by atoms with Crippen molar-refractivity contribution in [3.8, 4) is 0 Å². The van der Waals surface area contributed by atoms with Crippen LogP contribution in [0.3, 0.4) is 0 Å². The molecule has 1 aliphatic heterocycles. The van der Waals surface area contributed by atoms with Gasteiger partial charge in [0.15, 0.2) is 0 Å². The fourth-order valence-corrected chi connectivity index (χ4v) is 4.11. The quantitative estimate of drug-likeness (QED) is 0.805. The molecule has 0 radical (unpaired) electrons. The Bertz CT molecular complexity index is 789. The van der Waals surface area contributed by atoms with E-state index >= 15 is 0 Å². The number of imidazole rings is 1. The average molecular weight is 375 g/mol. The number of amides is 1. The number of carboxylic acid groups (broad SMARTS) is 1. The van der Waals surface area contributed by atoms with Crippen LogP contribution in [-0.4, -0.2) is 50.8 Å². The van der Waals surface area contributed by atoms with E-state index in [2.05, 4.69) is 4.98 Å². The first-order chi connectivity index (χ1) is 12.6. The molecule has 2 aromatic rings. The molecule has 1 N–H and O–H groups in total. The summed E-state index contributed by atoms with van der Waals surface area (Å²) < 4.78 is 2.02. The number of hydrogen-bond donors (Lipinski definition) is 1. The number of carbonyl (C=O) groups is 2. The highest BCUT2D eigenvalue weighted by Gasteiger charge is 2.25.